The largest absolute Gasteiger partial charge is 0.436 e. The second-order valence-corrected chi connectivity index (χ2v) is 9.27. The van der Waals surface area contributed by atoms with E-state index in [0.717, 1.165) is 54.8 Å². The third kappa shape index (κ3) is 8.50. The highest BCUT2D eigenvalue weighted by molar-refractivity contribution is 5.85. The number of hydrogen-bond acceptors (Lipinski definition) is 5. The van der Waals surface area contributed by atoms with Crippen LogP contribution < -0.4 is 5.32 Å². The van der Waals surface area contributed by atoms with Gasteiger partial charge in [0.1, 0.15) is 5.52 Å². The molecule has 5 aromatic rings. The Kier molecular flexibility index (Phi) is 11.1. The monoisotopic (exact) mass is 542 g/mol. The molecule has 0 saturated heterocycles. The van der Waals surface area contributed by atoms with Gasteiger partial charge in [0.05, 0.1) is 19.8 Å². The van der Waals surface area contributed by atoms with Gasteiger partial charge in [-0.3, -0.25) is 0 Å². The number of hydrogen-bond donors (Lipinski definition) is 1. The van der Waals surface area contributed by atoms with Crippen LogP contribution in [0.25, 0.3) is 33.7 Å². The summed E-state index contributed by atoms with van der Waals surface area (Å²) < 4.78 is 17.4. The quantitative estimate of drug-likeness (QED) is 0.149. The van der Waals surface area contributed by atoms with Gasteiger partial charge in [-0.2, -0.15) is 0 Å². The van der Waals surface area contributed by atoms with E-state index in [0.29, 0.717) is 25.7 Å². The molecule has 39 heavy (non-hydrogen) atoms. The zero-order chi connectivity index (χ0) is 25.8. The number of para-hydroxylation sites is 2. The first-order valence-corrected chi connectivity index (χ1v) is 13.3. The fourth-order valence-corrected chi connectivity index (χ4v) is 4.36. The maximum Gasteiger partial charge on any atom is 0.227 e. The van der Waals surface area contributed by atoms with Crippen LogP contribution in [0, 0.1) is 0 Å². The summed E-state index contributed by atoms with van der Waals surface area (Å²) in [4.78, 5) is 4.55. The summed E-state index contributed by atoms with van der Waals surface area (Å²) in [6, 6.07) is 35.3. The normalized spacial score (nSPS) is 11.0. The molecule has 0 spiro atoms. The van der Waals surface area contributed by atoms with Crippen LogP contribution in [0.3, 0.4) is 0 Å². The predicted octanol–water partition coefficient (Wildman–Crippen LogP) is 7.34. The number of rotatable bonds is 14. The average Bonchev–Trinajstić information content (AvgIpc) is 3.41. The Bertz CT molecular complexity index is 1370. The van der Waals surface area contributed by atoms with Gasteiger partial charge in [0.25, 0.3) is 0 Å². The van der Waals surface area contributed by atoms with Crippen LogP contribution in [0.15, 0.2) is 108 Å². The first-order valence-electron chi connectivity index (χ1n) is 13.3. The topological polar surface area (TPSA) is 56.5 Å². The molecule has 0 amide bonds. The van der Waals surface area contributed by atoms with Crippen molar-refractivity contribution in [2.24, 2.45) is 0 Å². The van der Waals surface area contributed by atoms with Gasteiger partial charge in [0.15, 0.2) is 5.58 Å². The molecule has 5 nitrogen and oxygen atoms in total. The number of benzene rings is 4. The number of aromatic nitrogens is 1. The van der Waals surface area contributed by atoms with Gasteiger partial charge in [0, 0.05) is 25.3 Å². The van der Waals surface area contributed by atoms with Crippen molar-refractivity contribution in [3.8, 4) is 22.6 Å². The van der Waals surface area contributed by atoms with Gasteiger partial charge in [0.2, 0.25) is 5.89 Å². The van der Waals surface area contributed by atoms with Crippen LogP contribution >= 0.6 is 12.4 Å². The fourth-order valence-electron chi connectivity index (χ4n) is 4.36. The van der Waals surface area contributed by atoms with E-state index < -0.39 is 0 Å². The number of halogens is 1. The standard InChI is InChI=1S/C33H34N2O3.ClH/c1-2-10-28(11-3-1)30-12-6-8-26(24-30)9-7-21-36-22-19-34-20-23-37-25-27-15-17-29(18-16-27)33-35-31-13-4-5-14-32(31)38-33;/h1-6,8,10-18,24,34H,7,9,19-23,25H2;1H. The lowest BCUT2D eigenvalue weighted by Crippen LogP contribution is -2.24. The molecular weight excluding hydrogens is 508 g/mol. The molecule has 0 aliphatic carbocycles. The first-order chi connectivity index (χ1) is 18.8. The average molecular weight is 543 g/mol. The Morgan fingerprint density at radius 1 is 0.641 bits per heavy atom. The van der Waals surface area contributed by atoms with Crippen molar-refractivity contribution in [2.45, 2.75) is 19.4 Å². The number of ether oxygens (including phenoxy) is 2. The van der Waals surface area contributed by atoms with E-state index in [1.165, 1.54) is 16.7 Å². The minimum Gasteiger partial charge on any atom is -0.436 e. The summed E-state index contributed by atoms with van der Waals surface area (Å²) in [6.07, 6.45) is 2.05. The van der Waals surface area contributed by atoms with Crippen LogP contribution in [0.1, 0.15) is 17.5 Å². The fraction of sp³-hybridized carbons (Fsp3) is 0.242. The minimum absolute atomic E-state index is 0. The molecule has 1 heterocycles. The third-order valence-electron chi connectivity index (χ3n) is 6.40. The van der Waals surface area contributed by atoms with Gasteiger partial charge in [-0.25, -0.2) is 4.98 Å². The van der Waals surface area contributed by atoms with Crippen molar-refractivity contribution < 1.29 is 13.9 Å². The molecule has 0 aliphatic heterocycles. The van der Waals surface area contributed by atoms with Gasteiger partial charge >= 0.3 is 0 Å². The molecule has 0 saturated carbocycles. The molecule has 0 fully saturated rings. The molecule has 0 unspecified atom stereocenters. The molecule has 1 aromatic heterocycles. The molecular formula is C33H35ClN2O3. The zero-order valence-corrected chi connectivity index (χ0v) is 22.9. The van der Waals surface area contributed by atoms with Crippen molar-refractivity contribution >= 4 is 23.5 Å². The second-order valence-electron chi connectivity index (χ2n) is 9.27. The lowest BCUT2D eigenvalue weighted by Gasteiger charge is -2.08. The predicted molar refractivity (Wildman–Crippen MR) is 160 cm³/mol. The number of nitrogens with one attached hydrogen (secondary N) is 1. The van der Waals surface area contributed by atoms with Gasteiger partial charge in [-0.05, 0) is 59.4 Å². The Hall–Kier alpha value is -3.48. The van der Waals surface area contributed by atoms with E-state index in [1.807, 2.05) is 36.4 Å². The Morgan fingerprint density at radius 2 is 1.38 bits per heavy atom. The third-order valence-corrected chi connectivity index (χ3v) is 6.40. The number of aryl methyl sites for hydroxylation is 1. The Balaban J connectivity index is 0.00000353. The highest BCUT2D eigenvalue weighted by atomic mass is 35.5. The lowest BCUT2D eigenvalue weighted by atomic mass is 10.0. The minimum atomic E-state index is 0. The van der Waals surface area contributed by atoms with Crippen molar-refractivity contribution in [2.75, 3.05) is 32.9 Å². The van der Waals surface area contributed by atoms with Crippen molar-refractivity contribution in [1.82, 2.24) is 10.3 Å². The van der Waals surface area contributed by atoms with E-state index >= 15 is 0 Å². The van der Waals surface area contributed by atoms with Crippen LogP contribution in [0.5, 0.6) is 0 Å². The summed E-state index contributed by atoms with van der Waals surface area (Å²) in [5.41, 5.74) is 7.65. The number of fused-ring (bicyclic) bond motifs is 1. The van der Waals surface area contributed by atoms with Crippen LogP contribution in [0.2, 0.25) is 0 Å². The molecule has 0 aliphatic rings. The van der Waals surface area contributed by atoms with Crippen LogP contribution in [0.4, 0.5) is 0 Å². The maximum atomic E-state index is 5.84. The maximum absolute atomic E-state index is 5.84. The SMILES string of the molecule is Cl.c1ccc(-c2cccc(CCCOCCNCCOCc3ccc(-c4nc5ccccc5o4)cc3)c2)cc1. The van der Waals surface area contributed by atoms with E-state index in [2.05, 4.69) is 77.0 Å². The van der Waals surface area contributed by atoms with Gasteiger partial charge < -0.3 is 19.2 Å². The van der Waals surface area contributed by atoms with Crippen LogP contribution in [-0.4, -0.2) is 37.9 Å². The van der Waals surface area contributed by atoms with E-state index in [4.69, 9.17) is 13.9 Å². The molecule has 0 atom stereocenters. The molecule has 0 radical (unpaired) electrons. The Labute approximate surface area is 236 Å². The number of oxazole rings is 1. The summed E-state index contributed by atoms with van der Waals surface area (Å²) in [5.74, 6) is 0.641. The van der Waals surface area contributed by atoms with E-state index in [-0.39, 0.29) is 12.4 Å². The molecule has 6 heteroatoms. The zero-order valence-electron chi connectivity index (χ0n) is 22.1. The summed E-state index contributed by atoms with van der Waals surface area (Å²) in [5, 5.41) is 3.38. The highest BCUT2D eigenvalue weighted by Crippen LogP contribution is 2.24. The lowest BCUT2D eigenvalue weighted by molar-refractivity contribution is 0.113. The summed E-state index contributed by atoms with van der Waals surface area (Å²) in [6.45, 7) is 4.35. The summed E-state index contributed by atoms with van der Waals surface area (Å²) in [7, 11) is 0. The Morgan fingerprint density at radius 3 is 2.21 bits per heavy atom. The van der Waals surface area contributed by atoms with E-state index in [1.54, 1.807) is 0 Å². The molecule has 0 bridgehead atoms. The molecule has 202 valence electrons. The van der Waals surface area contributed by atoms with Gasteiger partial charge in [-0.15, -0.1) is 12.4 Å². The van der Waals surface area contributed by atoms with Crippen molar-refractivity contribution in [3.05, 3.63) is 114 Å². The molecule has 4 aromatic carbocycles. The highest BCUT2D eigenvalue weighted by Gasteiger charge is 2.07. The van der Waals surface area contributed by atoms with Crippen molar-refractivity contribution in [1.29, 1.82) is 0 Å². The van der Waals surface area contributed by atoms with E-state index in [9.17, 15) is 0 Å². The smallest absolute Gasteiger partial charge is 0.227 e. The van der Waals surface area contributed by atoms with Gasteiger partial charge in [-0.1, -0.05) is 78.9 Å². The number of nitrogens with zero attached hydrogens (tertiary/aromatic N) is 1. The summed E-state index contributed by atoms with van der Waals surface area (Å²) >= 11 is 0. The first kappa shape index (κ1) is 28.5. The van der Waals surface area contributed by atoms with Crippen LogP contribution in [-0.2, 0) is 22.5 Å². The molecule has 5 rings (SSSR count). The second kappa shape index (κ2) is 15.2. The van der Waals surface area contributed by atoms with Crippen molar-refractivity contribution in [3.63, 3.8) is 0 Å². The molecule has 1 N–H and O–H groups in total.